The minimum atomic E-state index is -3.49. The van der Waals surface area contributed by atoms with Gasteiger partial charge >= 0.3 is 5.92 Å². The number of benzene rings is 1. The topological polar surface area (TPSA) is 70.0 Å². The molecule has 2 unspecified atom stereocenters. The average molecular weight is 475 g/mol. The molecule has 2 heterocycles. The summed E-state index contributed by atoms with van der Waals surface area (Å²) in [6.45, 7) is 3.63. The molecule has 2 atom stereocenters. The number of nitrogens with zero attached hydrogens (tertiary/aromatic N) is 2. The highest BCUT2D eigenvalue weighted by Crippen LogP contribution is 2.48. The van der Waals surface area contributed by atoms with Crippen LogP contribution in [0.15, 0.2) is 30.5 Å². The van der Waals surface area contributed by atoms with Crippen LogP contribution in [0.3, 0.4) is 0 Å². The van der Waals surface area contributed by atoms with E-state index in [0.717, 1.165) is 30.5 Å². The molecule has 1 aliphatic carbocycles. The Balaban J connectivity index is 1.72. The van der Waals surface area contributed by atoms with E-state index in [1.54, 1.807) is 0 Å². The van der Waals surface area contributed by atoms with Crippen molar-refractivity contribution in [3.63, 3.8) is 0 Å². The van der Waals surface area contributed by atoms with Crippen molar-refractivity contribution in [2.75, 3.05) is 11.9 Å². The van der Waals surface area contributed by atoms with E-state index in [2.05, 4.69) is 21.7 Å². The van der Waals surface area contributed by atoms with Gasteiger partial charge in [0.25, 0.3) is 0 Å². The highest BCUT2D eigenvalue weighted by molar-refractivity contribution is 7.80. The molecular formula is C24H25F3N4OS. The molecular weight excluding hydrogens is 449 g/mol. The van der Waals surface area contributed by atoms with E-state index in [0.29, 0.717) is 11.3 Å². The maximum atomic E-state index is 15.7. The number of ether oxygens (including phenoxy) is 1. The monoisotopic (exact) mass is 474 g/mol. The van der Waals surface area contributed by atoms with Gasteiger partial charge in [-0.1, -0.05) is 12.2 Å². The molecule has 0 bridgehead atoms. The first kappa shape index (κ1) is 23.5. The molecule has 1 saturated heterocycles. The maximum Gasteiger partial charge on any atom is 0.302 e. The molecule has 9 heteroatoms. The standard InChI is InChI=1S/C24H25F3N4OS/c1-22(2)24(26,27)23(3,31-20(33)13-32-22)17-10-16(7-8-18(17)25)30-19-6-4-5-15-9-14(11-28)12-29-21(15)19/h7-10,12,19,30H,4-6,13H2,1-3H3,(H,31,33). The van der Waals surface area contributed by atoms with Crippen LogP contribution in [-0.2, 0) is 16.7 Å². The summed E-state index contributed by atoms with van der Waals surface area (Å²) < 4.78 is 51.8. The van der Waals surface area contributed by atoms with Gasteiger partial charge in [-0.2, -0.15) is 5.26 Å². The van der Waals surface area contributed by atoms with Gasteiger partial charge in [0.05, 0.1) is 23.9 Å². The van der Waals surface area contributed by atoms with Gasteiger partial charge in [-0.15, -0.1) is 0 Å². The molecule has 33 heavy (non-hydrogen) atoms. The number of alkyl halides is 2. The largest absolute Gasteiger partial charge is 0.377 e. The maximum absolute atomic E-state index is 15.7. The molecule has 4 rings (SSSR count). The molecule has 0 saturated carbocycles. The molecule has 0 amide bonds. The molecule has 0 spiro atoms. The summed E-state index contributed by atoms with van der Waals surface area (Å²) in [6, 6.07) is 7.84. The Hall–Kier alpha value is -2.70. The predicted octanol–water partition coefficient (Wildman–Crippen LogP) is 5.16. The molecule has 2 aromatic rings. The van der Waals surface area contributed by atoms with Crippen LogP contribution in [0.5, 0.6) is 0 Å². The van der Waals surface area contributed by atoms with E-state index in [4.69, 9.17) is 22.2 Å². The molecule has 2 aliphatic rings. The Morgan fingerprint density at radius 1 is 1.27 bits per heavy atom. The van der Waals surface area contributed by atoms with Crippen LogP contribution in [0.25, 0.3) is 0 Å². The van der Waals surface area contributed by atoms with Crippen LogP contribution in [0.2, 0.25) is 0 Å². The lowest BCUT2D eigenvalue weighted by atomic mass is 9.77. The second-order valence-electron chi connectivity index (χ2n) is 9.21. The Kier molecular flexibility index (Phi) is 5.87. The van der Waals surface area contributed by atoms with Crippen molar-refractivity contribution in [2.45, 2.75) is 63.1 Å². The number of hydrogen-bond donors (Lipinski definition) is 2. The Labute approximate surface area is 196 Å². The SMILES string of the molecule is CC1(C)OCC(=S)NC(C)(c2cc(NC3CCCc4cc(C#N)cnc43)ccc2F)C1(F)F. The highest BCUT2D eigenvalue weighted by Gasteiger charge is 2.64. The quantitative estimate of drug-likeness (QED) is 0.599. The summed E-state index contributed by atoms with van der Waals surface area (Å²) in [7, 11) is 0. The lowest BCUT2D eigenvalue weighted by Gasteiger charge is -2.44. The summed E-state index contributed by atoms with van der Waals surface area (Å²) in [6.07, 6.45) is 3.99. The summed E-state index contributed by atoms with van der Waals surface area (Å²) in [5.41, 5.74) is -1.44. The van der Waals surface area contributed by atoms with Crippen LogP contribution in [0, 0.1) is 17.1 Å². The predicted molar refractivity (Wildman–Crippen MR) is 123 cm³/mol. The summed E-state index contributed by atoms with van der Waals surface area (Å²) in [4.78, 5) is 4.53. The number of fused-ring (bicyclic) bond motifs is 1. The molecule has 1 aromatic carbocycles. The molecule has 1 aromatic heterocycles. The second-order valence-corrected chi connectivity index (χ2v) is 9.70. The van der Waals surface area contributed by atoms with E-state index in [9.17, 15) is 0 Å². The van der Waals surface area contributed by atoms with E-state index in [-0.39, 0.29) is 23.2 Å². The summed E-state index contributed by atoms with van der Waals surface area (Å²) in [5, 5.41) is 15.1. The minimum absolute atomic E-state index is 0.0826. The number of pyridine rings is 1. The van der Waals surface area contributed by atoms with Crippen molar-refractivity contribution in [3.8, 4) is 6.07 Å². The van der Waals surface area contributed by atoms with Gasteiger partial charge in [0.15, 0.2) is 0 Å². The second kappa shape index (κ2) is 8.26. The van der Waals surface area contributed by atoms with Gasteiger partial charge in [-0.3, -0.25) is 4.98 Å². The number of nitriles is 1. The van der Waals surface area contributed by atoms with Crippen LogP contribution in [0.1, 0.15) is 62.0 Å². The summed E-state index contributed by atoms with van der Waals surface area (Å²) in [5.74, 6) is -4.26. The normalized spacial score (nSPS) is 25.8. The first-order chi connectivity index (χ1) is 15.5. The van der Waals surface area contributed by atoms with Gasteiger partial charge in [0, 0.05) is 17.4 Å². The third-order valence-electron chi connectivity index (χ3n) is 6.58. The number of aromatic nitrogens is 1. The number of thiocarbonyl (C=S) groups is 1. The zero-order valence-corrected chi connectivity index (χ0v) is 19.5. The average Bonchev–Trinajstić information content (AvgIpc) is 2.83. The smallest absolute Gasteiger partial charge is 0.302 e. The van der Waals surface area contributed by atoms with Crippen molar-refractivity contribution in [1.29, 1.82) is 5.26 Å². The molecule has 2 N–H and O–H groups in total. The molecule has 1 fully saturated rings. The van der Waals surface area contributed by atoms with Crippen LogP contribution in [-0.4, -0.2) is 28.1 Å². The number of rotatable bonds is 3. The van der Waals surface area contributed by atoms with Gasteiger partial charge in [0.1, 0.15) is 28.0 Å². The van der Waals surface area contributed by atoms with Crippen LogP contribution >= 0.6 is 12.2 Å². The van der Waals surface area contributed by atoms with Crippen molar-refractivity contribution < 1.29 is 17.9 Å². The van der Waals surface area contributed by atoms with Crippen LogP contribution < -0.4 is 10.6 Å². The molecule has 0 radical (unpaired) electrons. The van der Waals surface area contributed by atoms with Gasteiger partial charge < -0.3 is 15.4 Å². The number of anilines is 1. The van der Waals surface area contributed by atoms with Gasteiger partial charge in [-0.25, -0.2) is 13.2 Å². The fourth-order valence-electron chi connectivity index (χ4n) is 4.64. The zero-order valence-electron chi connectivity index (χ0n) is 18.6. The van der Waals surface area contributed by atoms with E-state index >= 15 is 13.2 Å². The highest BCUT2D eigenvalue weighted by atomic mass is 32.1. The van der Waals surface area contributed by atoms with Gasteiger partial charge in [0.2, 0.25) is 0 Å². The molecule has 1 aliphatic heterocycles. The third-order valence-corrected chi connectivity index (χ3v) is 6.80. The van der Waals surface area contributed by atoms with Crippen LogP contribution in [0.4, 0.5) is 18.9 Å². The van der Waals surface area contributed by atoms with Crippen molar-refractivity contribution in [2.24, 2.45) is 0 Å². The minimum Gasteiger partial charge on any atom is -0.377 e. The zero-order chi connectivity index (χ0) is 24.0. The van der Waals surface area contributed by atoms with E-state index in [1.807, 2.05) is 6.07 Å². The summed E-state index contributed by atoms with van der Waals surface area (Å²) >= 11 is 5.18. The van der Waals surface area contributed by atoms with E-state index < -0.39 is 22.9 Å². The lowest BCUT2D eigenvalue weighted by molar-refractivity contribution is -0.216. The van der Waals surface area contributed by atoms with E-state index in [1.165, 1.54) is 45.2 Å². The number of nitrogens with one attached hydrogen (secondary N) is 2. The number of hydrogen-bond acceptors (Lipinski definition) is 5. The third kappa shape index (κ3) is 3.96. The molecule has 174 valence electrons. The number of halogens is 3. The fraction of sp³-hybridized carbons (Fsp3) is 0.458. The Bertz CT molecular complexity index is 1150. The van der Waals surface area contributed by atoms with Crippen molar-refractivity contribution >= 4 is 22.9 Å². The first-order valence-electron chi connectivity index (χ1n) is 10.8. The van der Waals surface area contributed by atoms with Crippen molar-refractivity contribution in [1.82, 2.24) is 10.3 Å². The van der Waals surface area contributed by atoms with Crippen molar-refractivity contribution in [3.05, 3.63) is 58.7 Å². The van der Waals surface area contributed by atoms with Gasteiger partial charge in [-0.05, 0) is 69.9 Å². The Morgan fingerprint density at radius 2 is 2.03 bits per heavy atom. The first-order valence-corrected chi connectivity index (χ1v) is 11.2. The fourth-order valence-corrected chi connectivity index (χ4v) is 4.90. The molecule has 5 nitrogen and oxygen atoms in total. The Morgan fingerprint density at radius 3 is 2.76 bits per heavy atom. The lowest BCUT2D eigenvalue weighted by Crippen LogP contribution is -2.62. The number of aryl methyl sites for hydroxylation is 1.